The molecule has 0 aliphatic heterocycles. The smallest absolute Gasteiger partial charge is 0.356 e. The predicted molar refractivity (Wildman–Crippen MR) is 444 cm³/mol. The van der Waals surface area contributed by atoms with E-state index >= 15 is 0 Å². The highest BCUT2D eigenvalue weighted by molar-refractivity contribution is 6.38. The number of carbonyl (C=O) groups is 7. The number of rotatable bonds is 23. The third-order valence-electron chi connectivity index (χ3n) is 14.2. The van der Waals surface area contributed by atoms with Crippen molar-refractivity contribution in [2.24, 2.45) is 0 Å². The van der Waals surface area contributed by atoms with Crippen LogP contribution >= 0.6 is 81.2 Å². The number of halogens is 9. The van der Waals surface area contributed by atoms with Crippen LogP contribution < -0.4 is 46.7 Å². The van der Waals surface area contributed by atoms with Gasteiger partial charge in [0.2, 0.25) is 23.7 Å². The molecule has 14 aromatic rings. The van der Waals surface area contributed by atoms with E-state index in [1.807, 2.05) is 0 Å². The average Bonchev–Trinajstić information content (AvgIpc) is 0.821. The van der Waals surface area contributed by atoms with Crippen LogP contribution in [0.2, 0.25) is 35.2 Å². The number of methoxy groups -OCH3 is 2. The van der Waals surface area contributed by atoms with Crippen LogP contribution in [0, 0.1) is 11.9 Å². The van der Waals surface area contributed by atoms with Crippen LogP contribution in [-0.2, 0) is 0 Å². The number of hydrogen-bond acceptors (Lipinski definition) is 37. The van der Waals surface area contributed by atoms with Gasteiger partial charge in [0.05, 0.1) is 55.6 Å². The fourth-order valence-electron chi connectivity index (χ4n) is 8.63. The van der Waals surface area contributed by atoms with Crippen LogP contribution in [0.1, 0.15) is 73.4 Å². The molecule has 0 aliphatic rings. The van der Waals surface area contributed by atoms with E-state index in [-0.39, 0.29) is 121 Å². The molecule has 0 saturated heterocycles. The summed E-state index contributed by atoms with van der Waals surface area (Å²) in [7, 11) is 2.98. The van der Waals surface area contributed by atoms with Gasteiger partial charge in [-0.05, 0) is 78.9 Å². The molecule has 44 nitrogen and oxygen atoms in total. The van der Waals surface area contributed by atoms with Crippen molar-refractivity contribution in [3.63, 3.8) is 0 Å². The number of hydrogen-bond donors (Lipinski definition) is 14. The number of aromatic nitrogens is 21. The zero-order chi connectivity index (χ0) is 90.7. The van der Waals surface area contributed by atoms with Gasteiger partial charge in [-0.25, -0.2) is 128 Å². The number of carboxylic acids is 7. The minimum Gasteiger partial charge on any atom is -0.481 e. The van der Waals surface area contributed by atoms with Crippen LogP contribution in [0.15, 0.2) is 191 Å². The second kappa shape index (κ2) is 47.1. The summed E-state index contributed by atoms with van der Waals surface area (Å²) < 4.78 is 35.9. The molecule has 0 atom stereocenters. The van der Waals surface area contributed by atoms with Crippen molar-refractivity contribution in [2.75, 3.05) is 51.4 Å². The van der Waals surface area contributed by atoms with E-state index in [1.165, 1.54) is 51.0 Å². The van der Waals surface area contributed by atoms with Gasteiger partial charge in [0.25, 0.3) is 0 Å². The Morgan fingerprint density at radius 1 is 0.288 bits per heavy atom. The lowest BCUT2D eigenvalue weighted by Gasteiger charge is -2.10. The molecule has 125 heavy (non-hydrogen) atoms. The van der Waals surface area contributed by atoms with E-state index in [9.17, 15) is 42.3 Å². The summed E-state index contributed by atoms with van der Waals surface area (Å²) >= 11 is 41.0. The van der Waals surface area contributed by atoms with Gasteiger partial charge in [0, 0.05) is 48.9 Å². The molecule has 0 aromatic carbocycles. The maximum Gasteiger partial charge on any atom is 0.356 e. The third kappa shape index (κ3) is 28.0. The van der Waals surface area contributed by atoms with Gasteiger partial charge in [0.15, 0.2) is 80.6 Å². The fraction of sp³-hybridized carbons (Fsp3) is 0.0278. The van der Waals surface area contributed by atoms with E-state index in [1.54, 1.807) is 104 Å². The van der Waals surface area contributed by atoms with Gasteiger partial charge in [-0.3, -0.25) is 9.97 Å². The standard InChI is InChI=1S/2C11H9ClN4O3.2C10H6ClFN4O2.3C10H7ClN4O2/c1-19-7-3-2-6(4-13-7)16-10-8(12)9(11(17)18)14-5-15-10;1-19-10-6(3-2-4-13-10)16-9-7(12)8(11(17)18)14-5-15-9;11-7-8(10(17)18)14-4-15-9(7)16-5-1-2-6(12)13-3-5;11-6-7(10(17)18)14-4-15-9(6)16-5-2-1-3-13-8(5)12;11-7-8(10(16)17)13-5-14-9(7)15-6-1-3-12-4-2-6;11-7-8(10(16)17)13-5-14-9(7)15-6-2-1-3-12-4-6;11-7-8(10(16)17)13-5-14-9(7)15-6-3-1-2-4-12-6/h2*2-5H,1H3,(H,17,18)(H,14,15,16);2*1-4H,(H,17,18)(H,14,15,16);1-5H,(H,16,17)(H,12,13,14,15);1-5H,(H,16,17)(H,13,14,15);1-5H,(H,16,17)(H,12,13,14,15). The Labute approximate surface area is 732 Å². The Balaban J connectivity index is 0.000000181. The monoisotopic (exact) mass is 1850 g/mol. The summed E-state index contributed by atoms with van der Waals surface area (Å²) in [5.74, 6) is -7.52. The molecule has 53 heteroatoms. The quantitative estimate of drug-likeness (QED) is 0.0264. The van der Waals surface area contributed by atoms with Gasteiger partial charge in [-0.15, -0.1) is 0 Å². The normalized spacial score (nSPS) is 10.0. The Kier molecular flexibility index (Phi) is 35.6. The second-order valence-electron chi connectivity index (χ2n) is 22.3. The molecule has 14 rings (SSSR count). The minimum atomic E-state index is -1.29. The zero-order valence-corrected chi connectivity index (χ0v) is 67.8. The lowest BCUT2D eigenvalue weighted by molar-refractivity contribution is 0.0680. The number of nitrogens with one attached hydrogen (secondary N) is 7. The summed E-state index contributed by atoms with van der Waals surface area (Å²) in [6.07, 6.45) is 21.3. The third-order valence-corrected chi connectivity index (χ3v) is 16.7. The fourth-order valence-corrected chi connectivity index (χ4v) is 10.2. The molecule has 0 spiro atoms. The maximum atomic E-state index is 13.3. The number of aromatic carboxylic acids is 7. The predicted octanol–water partition coefficient (Wildman–Crippen LogP) is 14.1. The zero-order valence-electron chi connectivity index (χ0n) is 62.5. The van der Waals surface area contributed by atoms with Gasteiger partial charge < -0.3 is 82.4 Å². The molecule has 0 aliphatic carbocycles. The number of carboxylic acid groups (broad SMARTS) is 7. The Hall–Kier alpha value is -16.0. The SMILES string of the molecule is COc1ccc(Nc2ncnc(C(=O)O)c2Cl)cn1.COc1ncccc1Nc1ncnc(C(=O)O)c1Cl.O=C(O)c1ncnc(Nc2ccc(F)nc2)c1Cl.O=C(O)c1ncnc(Nc2ccccn2)c1Cl.O=C(O)c1ncnc(Nc2cccnc2)c1Cl.O=C(O)c1ncnc(Nc2cccnc2F)c1Cl.O=C(O)c1ncnc(Nc2ccncc2)c1Cl. The summed E-state index contributed by atoms with van der Waals surface area (Å²) in [6.45, 7) is 0. The molecule has 14 heterocycles. The lowest BCUT2D eigenvalue weighted by atomic mass is 10.3. The number of ether oxygens (including phenoxy) is 2. The van der Waals surface area contributed by atoms with Crippen molar-refractivity contribution < 1.29 is 87.6 Å². The number of anilines is 14. The van der Waals surface area contributed by atoms with Crippen LogP contribution in [-0.4, -0.2) is 196 Å². The Morgan fingerprint density at radius 3 is 0.968 bits per heavy atom. The first-order valence-corrected chi connectivity index (χ1v) is 36.1. The van der Waals surface area contributed by atoms with E-state index in [4.69, 9.17) is 126 Å². The van der Waals surface area contributed by atoms with Gasteiger partial charge in [-0.1, -0.05) is 87.3 Å². The van der Waals surface area contributed by atoms with Crippen molar-refractivity contribution in [3.8, 4) is 11.8 Å². The maximum absolute atomic E-state index is 13.3. The van der Waals surface area contributed by atoms with Crippen molar-refractivity contribution in [2.45, 2.75) is 0 Å². The summed E-state index contributed by atoms with van der Waals surface area (Å²) in [4.78, 5) is 154. The molecule has 14 N–H and O–H groups in total. The molecule has 0 amide bonds. The van der Waals surface area contributed by atoms with Crippen molar-refractivity contribution in [1.82, 2.24) is 105 Å². The van der Waals surface area contributed by atoms with Crippen LogP contribution in [0.5, 0.6) is 11.8 Å². The molecule has 638 valence electrons. The summed E-state index contributed by atoms with van der Waals surface area (Å²) in [6, 6.07) is 24.4. The average molecular weight is 1850 g/mol. The van der Waals surface area contributed by atoms with E-state index in [2.05, 4.69) is 142 Å². The summed E-state index contributed by atoms with van der Waals surface area (Å²) in [5.41, 5.74) is 0.987. The van der Waals surface area contributed by atoms with E-state index < -0.39 is 53.7 Å². The summed E-state index contributed by atoms with van der Waals surface area (Å²) in [5, 5.41) is 80.9. The van der Waals surface area contributed by atoms with Crippen molar-refractivity contribution in [1.29, 1.82) is 0 Å². The first-order valence-electron chi connectivity index (χ1n) is 33.4. The Bertz CT molecular complexity index is 5890. The van der Waals surface area contributed by atoms with Crippen molar-refractivity contribution >= 4 is 204 Å². The number of pyridine rings is 7. The van der Waals surface area contributed by atoms with Gasteiger partial charge >= 0.3 is 41.8 Å². The van der Waals surface area contributed by atoms with Crippen LogP contribution in [0.3, 0.4) is 0 Å². The largest absolute Gasteiger partial charge is 0.481 e. The van der Waals surface area contributed by atoms with Crippen LogP contribution in [0.4, 0.5) is 89.4 Å². The van der Waals surface area contributed by atoms with Crippen molar-refractivity contribution in [3.05, 3.63) is 278 Å². The molecule has 14 aromatic heterocycles. The molecule has 0 unspecified atom stereocenters. The van der Waals surface area contributed by atoms with E-state index in [0.717, 1.165) is 50.4 Å². The lowest BCUT2D eigenvalue weighted by Crippen LogP contribution is -2.06. The molecular formula is C72H51Cl7F2N28O16. The second-order valence-corrected chi connectivity index (χ2v) is 24.9. The van der Waals surface area contributed by atoms with Gasteiger partial charge in [0.1, 0.15) is 91.0 Å². The van der Waals surface area contributed by atoms with Crippen LogP contribution in [0.25, 0.3) is 0 Å². The topological polar surface area (TPSA) is 634 Å². The first kappa shape index (κ1) is 94.5. The molecule has 0 bridgehead atoms. The minimum absolute atomic E-state index is 0.00373. The van der Waals surface area contributed by atoms with Gasteiger partial charge in [-0.2, -0.15) is 8.78 Å². The first-order chi connectivity index (χ1) is 60.0. The number of nitrogens with zero attached hydrogens (tertiary/aromatic N) is 21. The molecule has 0 saturated carbocycles. The Morgan fingerprint density at radius 2 is 0.632 bits per heavy atom. The highest BCUT2D eigenvalue weighted by Crippen LogP contribution is 2.33. The molecule has 0 radical (unpaired) electrons. The highest BCUT2D eigenvalue weighted by atomic mass is 35.5. The molecular weight excluding hydrogens is 1800 g/mol. The van der Waals surface area contributed by atoms with E-state index in [0.29, 0.717) is 46.0 Å². The highest BCUT2D eigenvalue weighted by Gasteiger charge is 2.23. The molecule has 0 fully saturated rings.